The van der Waals surface area contributed by atoms with Crippen molar-refractivity contribution in [2.45, 2.75) is 24.5 Å². The summed E-state index contributed by atoms with van der Waals surface area (Å²) in [5, 5.41) is 8.96. The zero-order valence-electron chi connectivity index (χ0n) is 11.0. The van der Waals surface area contributed by atoms with Gasteiger partial charge in [-0.25, -0.2) is 26.9 Å². The maximum atomic E-state index is 13.7. The average molecular weight is 317 g/mol. The van der Waals surface area contributed by atoms with Crippen molar-refractivity contribution < 1.29 is 22.3 Å². The van der Waals surface area contributed by atoms with Crippen molar-refractivity contribution in [3.8, 4) is 0 Å². The predicted molar refractivity (Wildman–Crippen MR) is 69.6 cm³/mol. The van der Waals surface area contributed by atoms with E-state index in [1.165, 1.54) is 19.3 Å². The number of hydrogen-bond acceptors (Lipinski definition) is 4. The van der Waals surface area contributed by atoms with E-state index in [1.54, 1.807) is 0 Å². The van der Waals surface area contributed by atoms with Crippen molar-refractivity contribution in [2.75, 3.05) is 0 Å². The number of nitrogens with zero attached hydrogens (tertiary/aromatic N) is 1. The minimum atomic E-state index is -4.31. The van der Waals surface area contributed by atoms with Gasteiger partial charge in [-0.05, 0) is 24.6 Å². The number of aliphatic hydroxyl groups is 1. The van der Waals surface area contributed by atoms with Gasteiger partial charge in [0.05, 0.1) is 12.6 Å². The van der Waals surface area contributed by atoms with Crippen LogP contribution >= 0.6 is 0 Å². The maximum absolute atomic E-state index is 13.7. The van der Waals surface area contributed by atoms with Crippen LogP contribution in [0.1, 0.15) is 24.4 Å². The summed E-state index contributed by atoms with van der Waals surface area (Å²) in [6.45, 7) is 0.897. The maximum Gasteiger partial charge on any atom is 0.244 e. The third-order valence-corrected chi connectivity index (χ3v) is 4.33. The quantitative estimate of drug-likeness (QED) is 0.773. The topological polar surface area (TPSA) is 95.1 Å². The first-order valence-electron chi connectivity index (χ1n) is 5.95. The van der Waals surface area contributed by atoms with Gasteiger partial charge in [0.15, 0.2) is 11.6 Å². The van der Waals surface area contributed by atoms with Crippen molar-refractivity contribution in [3.63, 3.8) is 0 Å². The second kappa shape index (κ2) is 5.88. The molecule has 6 nitrogen and oxygen atoms in total. The van der Waals surface area contributed by atoms with E-state index in [0.717, 1.165) is 12.1 Å². The Morgan fingerprint density at radius 2 is 2.14 bits per heavy atom. The SMILES string of the molecule is CC(NS(=O)(=O)c1cc(CO)cc(F)c1F)c1ncc[nH]1. The van der Waals surface area contributed by atoms with Gasteiger partial charge in [-0.1, -0.05) is 0 Å². The highest BCUT2D eigenvalue weighted by Gasteiger charge is 2.25. The molecule has 0 amide bonds. The molecule has 0 bridgehead atoms. The first-order chi connectivity index (χ1) is 9.85. The molecule has 21 heavy (non-hydrogen) atoms. The highest BCUT2D eigenvalue weighted by atomic mass is 32.2. The van der Waals surface area contributed by atoms with Crippen LogP contribution in [-0.4, -0.2) is 23.5 Å². The predicted octanol–water partition coefficient (Wildman–Crippen LogP) is 1.22. The molecule has 1 unspecified atom stereocenters. The Morgan fingerprint density at radius 3 is 2.71 bits per heavy atom. The van der Waals surface area contributed by atoms with Gasteiger partial charge < -0.3 is 10.1 Å². The van der Waals surface area contributed by atoms with Gasteiger partial charge in [-0.15, -0.1) is 0 Å². The summed E-state index contributed by atoms with van der Waals surface area (Å²) in [4.78, 5) is 5.73. The zero-order valence-corrected chi connectivity index (χ0v) is 11.8. The van der Waals surface area contributed by atoms with Crippen LogP contribution in [0, 0.1) is 11.6 Å². The van der Waals surface area contributed by atoms with Crippen molar-refractivity contribution >= 4 is 10.0 Å². The molecule has 0 fully saturated rings. The molecule has 0 saturated heterocycles. The van der Waals surface area contributed by atoms with Gasteiger partial charge in [-0.2, -0.15) is 0 Å². The van der Waals surface area contributed by atoms with Crippen LogP contribution in [0.3, 0.4) is 0 Å². The number of rotatable bonds is 5. The molecule has 9 heteroatoms. The first kappa shape index (κ1) is 15.5. The molecule has 0 aliphatic carbocycles. The summed E-state index contributed by atoms with van der Waals surface area (Å²) in [6.07, 6.45) is 2.94. The summed E-state index contributed by atoms with van der Waals surface area (Å²) in [6, 6.07) is 0.866. The summed E-state index contributed by atoms with van der Waals surface area (Å²) in [7, 11) is -4.31. The Hall–Kier alpha value is -1.84. The van der Waals surface area contributed by atoms with Gasteiger partial charge in [0, 0.05) is 12.4 Å². The number of aromatic amines is 1. The lowest BCUT2D eigenvalue weighted by Crippen LogP contribution is -2.28. The van der Waals surface area contributed by atoms with E-state index in [2.05, 4.69) is 14.7 Å². The fourth-order valence-corrected chi connectivity index (χ4v) is 3.11. The van der Waals surface area contributed by atoms with E-state index in [4.69, 9.17) is 5.11 Å². The Balaban J connectivity index is 2.38. The molecular formula is C12H13F2N3O3S. The highest BCUT2D eigenvalue weighted by molar-refractivity contribution is 7.89. The third kappa shape index (κ3) is 3.26. The number of nitrogens with one attached hydrogen (secondary N) is 2. The highest BCUT2D eigenvalue weighted by Crippen LogP contribution is 2.21. The van der Waals surface area contributed by atoms with E-state index in [1.807, 2.05) is 0 Å². The fourth-order valence-electron chi connectivity index (χ4n) is 1.77. The minimum Gasteiger partial charge on any atom is -0.392 e. The lowest BCUT2D eigenvalue weighted by Gasteiger charge is -2.13. The molecule has 1 atom stereocenters. The number of aliphatic hydroxyl groups excluding tert-OH is 1. The van der Waals surface area contributed by atoms with E-state index < -0.39 is 39.2 Å². The van der Waals surface area contributed by atoms with Crippen LogP contribution in [0.5, 0.6) is 0 Å². The molecule has 1 heterocycles. The van der Waals surface area contributed by atoms with E-state index in [0.29, 0.717) is 5.82 Å². The molecule has 3 N–H and O–H groups in total. The molecule has 1 aromatic heterocycles. The van der Waals surface area contributed by atoms with Gasteiger partial charge in [0.25, 0.3) is 0 Å². The van der Waals surface area contributed by atoms with Crippen molar-refractivity contribution in [3.05, 3.63) is 47.5 Å². The van der Waals surface area contributed by atoms with Gasteiger partial charge in [-0.3, -0.25) is 0 Å². The standard InChI is InChI=1S/C12H13F2N3O3S/c1-7(12-15-2-3-16-12)17-21(19,20)10-5-8(6-18)4-9(13)11(10)14/h2-5,7,17-18H,6H2,1H3,(H,15,16). The van der Waals surface area contributed by atoms with Gasteiger partial charge in [0.2, 0.25) is 10.0 Å². The molecule has 1 aromatic carbocycles. The largest absolute Gasteiger partial charge is 0.392 e. The van der Waals surface area contributed by atoms with Crippen molar-refractivity contribution in [1.29, 1.82) is 0 Å². The number of aromatic nitrogens is 2. The summed E-state index contributed by atoms with van der Waals surface area (Å²) >= 11 is 0. The summed E-state index contributed by atoms with van der Waals surface area (Å²) in [5.74, 6) is -2.50. The van der Waals surface area contributed by atoms with Crippen LogP contribution in [-0.2, 0) is 16.6 Å². The Labute approximate surface area is 119 Å². The van der Waals surface area contributed by atoms with Crippen LogP contribution in [0.25, 0.3) is 0 Å². The van der Waals surface area contributed by atoms with Crippen LogP contribution in [0.4, 0.5) is 8.78 Å². The lowest BCUT2D eigenvalue weighted by molar-refractivity contribution is 0.280. The first-order valence-corrected chi connectivity index (χ1v) is 7.44. The number of sulfonamides is 1. The number of imidazole rings is 1. The molecule has 0 aliphatic heterocycles. The molecule has 2 rings (SSSR count). The second-order valence-corrected chi connectivity index (χ2v) is 6.05. The Kier molecular flexibility index (Phi) is 4.35. The van der Waals surface area contributed by atoms with Crippen LogP contribution < -0.4 is 4.72 Å². The molecular weight excluding hydrogens is 304 g/mol. The fraction of sp³-hybridized carbons (Fsp3) is 0.250. The minimum absolute atomic E-state index is 0.0417. The number of benzene rings is 1. The van der Waals surface area contributed by atoms with Gasteiger partial charge in [0.1, 0.15) is 10.7 Å². The Bertz CT molecular complexity index is 732. The molecule has 0 spiro atoms. The number of halogens is 2. The van der Waals surface area contributed by atoms with E-state index >= 15 is 0 Å². The molecule has 2 aromatic rings. The van der Waals surface area contributed by atoms with Crippen molar-refractivity contribution in [2.24, 2.45) is 0 Å². The van der Waals surface area contributed by atoms with E-state index in [-0.39, 0.29) is 5.56 Å². The molecule has 0 saturated carbocycles. The van der Waals surface area contributed by atoms with Crippen LogP contribution in [0.15, 0.2) is 29.4 Å². The van der Waals surface area contributed by atoms with Gasteiger partial charge >= 0.3 is 0 Å². The Morgan fingerprint density at radius 1 is 1.43 bits per heavy atom. The number of H-pyrrole nitrogens is 1. The van der Waals surface area contributed by atoms with E-state index in [9.17, 15) is 17.2 Å². The summed E-state index contributed by atoms with van der Waals surface area (Å²) in [5.41, 5.74) is -0.0417. The monoisotopic (exact) mass is 317 g/mol. The molecule has 0 aliphatic rings. The lowest BCUT2D eigenvalue weighted by atomic mass is 10.2. The average Bonchev–Trinajstić information content (AvgIpc) is 2.95. The normalized spacial score (nSPS) is 13.3. The third-order valence-electron chi connectivity index (χ3n) is 2.79. The zero-order chi connectivity index (χ0) is 15.6. The molecule has 0 radical (unpaired) electrons. The molecule has 114 valence electrons. The van der Waals surface area contributed by atoms with Crippen LogP contribution in [0.2, 0.25) is 0 Å². The second-order valence-electron chi connectivity index (χ2n) is 4.37. The summed E-state index contributed by atoms with van der Waals surface area (Å²) < 4.78 is 53.5. The number of hydrogen-bond donors (Lipinski definition) is 3. The van der Waals surface area contributed by atoms with Crippen molar-refractivity contribution in [1.82, 2.24) is 14.7 Å². The smallest absolute Gasteiger partial charge is 0.244 e.